The minimum absolute atomic E-state index is 0. The summed E-state index contributed by atoms with van der Waals surface area (Å²) in [5, 5.41) is 12.1. The lowest BCUT2D eigenvalue weighted by Gasteiger charge is -2.50. The van der Waals surface area contributed by atoms with E-state index in [1.165, 1.54) is 6.42 Å². The third kappa shape index (κ3) is 3.18. The Morgan fingerprint density at radius 3 is 2.75 bits per heavy atom. The van der Waals surface area contributed by atoms with Crippen LogP contribution in [-0.2, 0) is 0 Å². The van der Waals surface area contributed by atoms with Crippen LogP contribution in [0.15, 0.2) is 49.2 Å². The maximum Gasteiger partial charge on any atom is 0.0952 e. The zero-order valence-corrected chi connectivity index (χ0v) is 15.2. The largest absolute Gasteiger partial charge is 0.387 e. The van der Waals surface area contributed by atoms with Crippen LogP contribution in [0.4, 0.5) is 0 Å². The van der Waals surface area contributed by atoms with Gasteiger partial charge in [-0.1, -0.05) is 24.3 Å². The molecule has 0 saturated carbocycles. The molecular formula is C19H24Cl2N2O. The zero-order chi connectivity index (χ0) is 15.1. The molecule has 3 aliphatic heterocycles. The van der Waals surface area contributed by atoms with Gasteiger partial charge in [0.15, 0.2) is 0 Å². The number of halogens is 2. The van der Waals surface area contributed by atoms with Crippen LogP contribution in [0, 0.1) is 11.8 Å². The fourth-order valence-electron chi connectivity index (χ4n) is 4.29. The van der Waals surface area contributed by atoms with Crippen molar-refractivity contribution in [1.29, 1.82) is 0 Å². The van der Waals surface area contributed by atoms with Gasteiger partial charge < -0.3 is 5.11 Å². The van der Waals surface area contributed by atoms with Gasteiger partial charge in [0, 0.05) is 24.2 Å². The molecule has 24 heavy (non-hydrogen) atoms. The molecule has 0 aliphatic carbocycles. The first-order valence-electron chi connectivity index (χ1n) is 8.16. The van der Waals surface area contributed by atoms with E-state index < -0.39 is 6.10 Å². The first-order chi connectivity index (χ1) is 10.8. The van der Waals surface area contributed by atoms with Crippen molar-refractivity contribution in [3.8, 4) is 0 Å². The molecule has 0 amide bonds. The van der Waals surface area contributed by atoms with Crippen LogP contribution >= 0.6 is 24.8 Å². The molecule has 5 heteroatoms. The van der Waals surface area contributed by atoms with Crippen molar-refractivity contribution in [3.05, 3.63) is 54.7 Å². The van der Waals surface area contributed by atoms with Gasteiger partial charge in [0.25, 0.3) is 0 Å². The number of nitrogens with zero attached hydrogens (tertiary/aromatic N) is 2. The van der Waals surface area contributed by atoms with Crippen LogP contribution in [-0.4, -0.2) is 34.1 Å². The summed E-state index contributed by atoms with van der Waals surface area (Å²) < 4.78 is 0. The van der Waals surface area contributed by atoms with Crippen LogP contribution in [0.1, 0.15) is 24.5 Å². The zero-order valence-electron chi connectivity index (χ0n) is 13.5. The lowest BCUT2D eigenvalue weighted by molar-refractivity contribution is -0.0444. The Labute approximate surface area is 155 Å². The molecule has 1 unspecified atom stereocenters. The van der Waals surface area contributed by atoms with E-state index >= 15 is 0 Å². The molecule has 1 aromatic heterocycles. The Morgan fingerprint density at radius 1 is 1.25 bits per heavy atom. The van der Waals surface area contributed by atoms with E-state index in [1.54, 1.807) is 0 Å². The smallest absolute Gasteiger partial charge is 0.0952 e. The summed E-state index contributed by atoms with van der Waals surface area (Å²) in [5.41, 5.74) is 1.97. The minimum Gasteiger partial charge on any atom is -0.387 e. The normalized spacial score (nSPS) is 29.4. The summed E-state index contributed by atoms with van der Waals surface area (Å²) in [6.45, 7) is 6.11. The second-order valence-corrected chi connectivity index (χ2v) is 6.61. The molecule has 2 bridgehead atoms. The summed E-state index contributed by atoms with van der Waals surface area (Å²) in [6.07, 6.45) is 5.76. The van der Waals surface area contributed by atoms with Crippen LogP contribution in [0.2, 0.25) is 0 Å². The number of aromatic nitrogens is 1. The van der Waals surface area contributed by atoms with Gasteiger partial charge in [0.1, 0.15) is 0 Å². The monoisotopic (exact) mass is 366 g/mol. The Balaban J connectivity index is 0.00000104. The van der Waals surface area contributed by atoms with Crippen molar-refractivity contribution < 1.29 is 5.11 Å². The number of para-hydroxylation sites is 1. The Morgan fingerprint density at radius 2 is 2.04 bits per heavy atom. The Bertz CT molecular complexity index is 703. The van der Waals surface area contributed by atoms with E-state index in [-0.39, 0.29) is 30.9 Å². The second kappa shape index (κ2) is 7.83. The highest BCUT2D eigenvalue weighted by Gasteiger charge is 2.42. The van der Waals surface area contributed by atoms with E-state index in [0.717, 1.165) is 36.0 Å². The standard InChI is InChI=1S/C19H22N2O.2ClH/c1-2-13-12-21-10-8-14(13)11-18(21)19(22)16-7-9-20-17-6-4-3-5-15(16)17;;/h2-7,9,13-14,18-19,22H,1,8,10-12H2;2*1H/t13-,14-,18-,19+;;/m1../s1. The number of fused-ring (bicyclic) bond motifs is 4. The number of piperidine rings is 3. The molecule has 4 heterocycles. The molecule has 0 spiro atoms. The van der Waals surface area contributed by atoms with E-state index in [1.807, 2.05) is 30.5 Å². The molecule has 1 N–H and O–H groups in total. The van der Waals surface area contributed by atoms with Gasteiger partial charge in [-0.2, -0.15) is 0 Å². The number of hydrogen-bond donors (Lipinski definition) is 1. The molecule has 2 aromatic rings. The average molecular weight is 367 g/mol. The highest BCUT2D eigenvalue weighted by molar-refractivity contribution is 5.85. The van der Waals surface area contributed by atoms with Crippen molar-refractivity contribution in [2.45, 2.75) is 25.0 Å². The molecule has 5 atom stereocenters. The van der Waals surface area contributed by atoms with Crippen LogP contribution in [0.5, 0.6) is 0 Å². The van der Waals surface area contributed by atoms with Crippen molar-refractivity contribution in [2.75, 3.05) is 13.1 Å². The predicted molar refractivity (Wildman–Crippen MR) is 103 cm³/mol. The fourth-order valence-corrected chi connectivity index (χ4v) is 4.29. The van der Waals surface area contributed by atoms with Crippen LogP contribution in [0.3, 0.4) is 0 Å². The van der Waals surface area contributed by atoms with E-state index in [4.69, 9.17) is 0 Å². The number of aliphatic hydroxyl groups excluding tert-OH is 1. The fraction of sp³-hybridized carbons (Fsp3) is 0.421. The number of hydrogen-bond acceptors (Lipinski definition) is 3. The lowest BCUT2D eigenvalue weighted by atomic mass is 9.73. The van der Waals surface area contributed by atoms with Crippen LogP contribution < -0.4 is 0 Å². The van der Waals surface area contributed by atoms with Gasteiger partial charge in [-0.25, -0.2) is 0 Å². The molecule has 1 aromatic carbocycles. The Kier molecular flexibility index (Phi) is 6.27. The van der Waals surface area contributed by atoms with Crippen molar-refractivity contribution >= 4 is 35.7 Å². The minimum atomic E-state index is -0.443. The van der Waals surface area contributed by atoms with E-state index in [2.05, 4.69) is 28.6 Å². The number of benzene rings is 1. The molecule has 0 radical (unpaired) electrons. The average Bonchev–Trinajstić information content (AvgIpc) is 2.60. The predicted octanol–water partition coefficient (Wildman–Crippen LogP) is 4.01. The summed E-state index contributed by atoms with van der Waals surface area (Å²) >= 11 is 0. The quantitative estimate of drug-likeness (QED) is 0.833. The third-order valence-electron chi connectivity index (χ3n) is 5.52. The first-order valence-corrected chi connectivity index (χ1v) is 8.16. The second-order valence-electron chi connectivity index (χ2n) is 6.61. The SMILES string of the molecule is C=C[C@@H]1CN2CC[C@@H]1C[C@@H]2[C@@H](O)c1ccnc2ccccc12.Cl.Cl. The number of pyridine rings is 1. The van der Waals surface area contributed by atoms with Gasteiger partial charge in [0.05, 0.1) is 11.6 Å². The van der Waals surface area contributed by atoms with Crippen molar-refractivity contribution in [1.82, 2.24) is 9.88 Å². The van der Waals surface area contributed by atoms with Crippen molar-refractivity contribution in [3.63, 3.8) is 0 Å². The maximum absolute atomic E-state index is 11.0. The molecule has 130 valence electrons. The van der Waals surface area contributed by atoms with E-state index in [9.17, 15) is 5.11 Å². The molecule has 3 aliphatic rings. The van der Waals surface area contributed by atoms with Crippen molar-refractivity contribution in [2.24, 2.45) is 11.8 Å². The first kappa shape index (κ1) is 19.2. The van der Waals surface area contributed by atoms with Gasteiger partial charge in [-0.05, 0) is 48.9 Å². The Hall–Kier alpha value is -1.13. The summed E-state index contributed by atoms with van der Waals surface area (Å²) in [6, 6.07) is 10.3. The van der Waals surface area contributed by atoms with Gasteiger partial charge in [-0.3, -0.25) is 9.88 Å². The van der Waals surface area contributed by atoms with Crippen LogP contribution in [0.25, 0.3) is 10.9 Å². The highest BCUT2D eigenvalue weighted by atomic mass is 35.5. The van der Waals surface area contributed by atoms with Gasteiger partial charge in [-0.15, -0.1) is 31.4 Å². The van der Waals surface area contributed by atoms with Gasteiger partial charge >= 0.3 is 0 Å². The third-order valence-corrected chi connectivity index (χ3v) is 5.52. The molecule has 3 saturated heterocycles. The molecule has 3 nitrogen and oxygen atoms in total. The van der Waals surface area contributed by atoms with Gasteiger partial charge in [0.2, 0.25) is 0 Å². The maximum atomic E-state index is 11.0. The molecular weight excluding hydrogens is 343 g/mol. The number of aliphatic hydroxyl groups is 1. The van der Waals surface area contributed by atoms with E-state index in [0.29, 0.717) is 11.8 Å². The summed E-state index contributed by atoms with van der Waals surface area (Å²) in [4.78, 5) is 6.86. The summed E-state index contributed by atoms with van der Waals surface area (Å²) in [5.74, 6) is 1.27. The molecule has 3 fully saturated rings. The summed E-state index contributed by atoms with van der Waals surface area (Å²) in [7, 11) is 0. The molecule has 5 rings (SSSR count). The number of rotatable bonds is 3. The highest BCUT2D eigenvalue weighted by Crippen LogP contribution is 2.41. The lowest BCUT2D eigenvalue weighted by Crippen LogP contribution is -2.54. The topological polar surface area (TPSA) is 36.4 Å².